The van der Waals surface area contributed by atoms with Gasteiger partial charge in [0.05, 0.1) is 14.2 Å². The maximum atomic E-state index is 10.3. The van der Waals surface area contributed by atoms with Gasteiger partial charge in [0.1, 0.15) is 22.9 Å². The largest absolute Gasteiger partial charge is 2.00 e. The Balaban J connectivity index is 0.000000642. The molecule has 2 aromatic carbocycles. The van der Waals surface area contributed by atoms with Crippen molar-refractivity contribution < 1.29 is 36.4 Å². The van der Waals surface area contributed by atoms with Crippen LogP contribution in [0.2, 0.25) is 0 Å². The van der Waals surface area contributed by atoms with E-state index in [0.29, 0.717) is 34.3 Å². The Morgan fingerprint density at radius 2 is 1.09 bits per heavy atom. The Bertz CT molecular complexity index is 948. The van der Waals surface area contributed by atoms with Gasteiger partial charge in [-0.1, -0.05) is 24.3 Å². The fraction of sp³-hybridized carbons (Fsp3) is 0.182. The number of nitrogens with one attached hydrogen (secondary N) is 4. The third-order valence-corrected chi connectivity index (χ3v) is 3.91. The van der Waals surface area contributed by atoms with Gasteiger partial charge < -0.3 is 30.8 Å². The normalized spacial score (nSPS) is 11.9. The molecule has 0 aliphatic carbocycles. The van der Waals surface area contributed by atoms with Crippen LogP contribution in [0.3, 0.4) is 0 Å². The first-order valence-electron chi connectivity index (χ1n) is 9.78. The molecule has 0 heterocycles. The van der Waals surface area contributed by atoms with Crippen molar-refractivity contribution in [3.05, 3.63) is 82.5 Å². The molecule has 0 aliphatic rings. The van der Waals surface area contributed by atoms with Crippen LogP contribution in [0.5, 0.6) is 11.5 Å². The predicted octanol–water partition coefficient (Wildman–Crippen LogP) is 3.39. The van der Waals surface area contributed by atoms with Crippen molar-refractivity contribution in [3.63, 3.8) is 0 Å². The zero-order valence-corrected chi connectivity index (χ0v) is 20.5. The molecule has 0 aromatic heterocycles. The number of methoxy groups -OCH3 is 2. The Labute approximate surface area is 213 Å². The number of nitrogens with zero attached hydrogens (tertiary/aromatic N) is 2. The number of hydrogen-bond acceptors (Lipinski definition) is 10. The molecule has 0 aliphatic heterocycles. The molecule has 0 atom stereocenters. The number of hydroxylamine groups is 4. The Kier molecular flexibility index (Phi) is 16.0. The van der Waals surface area contributed by atoms with E-state index in [1.165, 1.54) is 26.4 Å². The van der Waals surface area contributed by atoms with Gasteiger partial charge in [0.15, 0.2) is 11.7 Å². The van der Waals surface area contributed by atoms with Crippen LogP contribution in [0.4, 0.5) is 11.4 Å². The van der Waals surface area contributed by atoms with Crippen LogP contribution < -0.4 is 31.4 Å². The van der Waals surface area contributed by atoms with E-state index in [9.17, 15) is 10.4 Å². The average molecular weight is 531 g/mol. The second-order valence-corrected chi connectivity index (χ2v) is 6.42. The number of para-hydroxylation sites is 4. The van der Waals surface area contributed by atoms with E-state index in [1.54, 1.807) is 61.2 Å². The molecule has 2 aromatic rings. The van der Waals surface area contributed by atoms with Crippen molar-refractivity contribution in [2.45, 2.75) is 13.8 Å². The SMILES string of the molecule is COc1ccccc1N=C(C=C(C)N[O-])NO.COc1ccccc1N=C(C=C(C)N[O-])NO.[Ni+2]. The van der Waals surface area contributed by atoms with Crippen LogP contribution in [0, 0.1) is 10.4 Å². The molecule has 0 saturated heterocycles. The van der Waals surface area contributed by atoms with Crippen molar-refractivity contribution in [1.82, 2.24) is 21.9 Å². The number of rotatable bonds is 8. The Morgan fingerprint density at radius 1 is 0.743 bits per heavy atom. The Hall–Kier alpha value is -3.61. The third kappa shape index (κ3) is 11.4. The van der Waals surface area contributed by atoms with Gasteiger partial charge in [0.25, 0.3) is 0 Å². The summed E-state index contributed by atoms with van der Waals surface area (Å²) in [6.45, 7) is 3.12. The summed E-state index contributed by atoms with van der Waals surface area (Å²) < 4.78 is 10.2. The van der Waals surface area contributed by atoms with Crippen molar-refractivity contribution in [2.75, 3.05) is 14.2 Å². The van der Waals surface area contributed by atoms with Gasteiger partial charge in [-0.05, 0) is 38.1 Å². The van der Waals surface area contributed by atoms with Crippen LogP contribution >= 0.6 is 0 Å². The zero-order valence-electron chi connectivity index (χ0n) is 19.5. The summed E-state index contributed by atoms with van der Waals surface area (Å²) in [6.07, 6.45) is 2.75. The van der Waals surface area contributed by atoms with Gasteiger partial charge in [-0.3, -0.25) is 21.4 Å². The monoisotopic (exact) mass is 530 g/mol. The summed E-state index contributed by atoms with van der Waals surface area (Å²) in [5, 5.41) is 38.5. The van der Waals surface area contributed by atoms with Gasteiger partial charge in [0.2, 0.25) is 0 Å². The maximum absolute atomic E-state index is 10.3. The van der Waals surface area contributed by atoms with Crippen molar-refractivity contribution >= 4 is 23.0 Å². The number of amidine groups is 2. The van der Waals surface area contributed by atoms with Gasteiger partial charge in [-0.25, -0.2) is 9.98 Å². The van der Waals surface area contributed by atoms with E-state index in [4.69, 9.17) is 19.9 Å². The number of allylic oxidation sites excluding steroid dienone is 2. The predicted molar refractivity (Wildman–Crippen MR) is 131 cm³/mol. The second-order valence-electron chi connectivity index (χ2n) is 6.42. The van der Waals surface area contributed by atoms with Gasteiger partial charge in [0, 0.05) is 23.5 Å². The van der Waals surface area contributed by atoms with Gasteiger partial charge in [-0.2, -0.15) is 0 Å². The van der Waals surface area contributed by atoms with Crippen LogP contribution in [-0.4, -0.2) is 36.3 Å². The third-order valence-electron chi connectivity index (χ3n) is 3.91. The summed E-state index contributed by atoms with van der Waals surface area (Å²) in [6, 6.07) is 14.1. The molecule has 13 heteroatoms. The summed E-state index contributed by atoms with van der Waals surface area (Å²) >= 11 is 0. The van der Waals surface area contributed by atoms with E-state index in [0.717, 1.165) is 0 Å². The summed E-state index contributed by atoms with van der Waals surface area (Å²) in [5.74, 6) is 1.41. The van der Waals surface area contributed by atoms with E-state index < -0.39 is 0 Å². The summed E-state index contributed by atoms with van der Waals surface area (Å²) in [7, 11) is 3.06. The van der Waals surface area contributed by atoms with E-state index in [1.807, 2.05) is 23.1 Å². The van der Waals surface area contributed by atoms with Crippen molar-refractivity contribution in [3.8, 4) is 11.5 Å². The minimum absolute atomic E-state index is 0. The smallest absolute Gasteiger partial charge is 0.761 e. The Morgan fingerprint density at radius 3 is 1.37 bits per heavy atom. The fourth-order valence-electron chi connectivity index (χ4n) is 2.35. The molecule has 0 spiro atoms. The number of aliphatic imine (C=N–C) groups is 2. The standard InChI is InChI=1S/2C11H14N3O3.Ni/c2*1-8(13-15)7-11(14-16)12-9-5-3-4-6-10(9)17-2;/h2*3-7,13,16H,1-2H3,(H,12,14);/q2*-1;+2. The number of benzene rings is 2. The number of ether oxygens (including phenoxy) is 2. The topological polar surface area (TPSA) is 178 Å². The molecule has 0 amide bonds. The van der Waals surface area contributed by atoms with E-state index in [-0.39, 0.29) is 28.2 Å². The molecule has 0 fully saturated rings. The second kappa shape index (κ2) is 17.8. The van der Waals surface area contributed by atoms with Crippen LogP contribution in [0.15, 0.2) is 82.1 Å². The first kappa shape index (κ1) is 31.4. The molecule has 192 valence electrons. The molecular formula is C22H28N6NiO6. The molecule has 12 nitrogen and oxygen atoms in total. The number of hydrogen-bond donors (Lipinski definition) is 6. The molecule has 0 unspecified atom stereocenters. The molecule has 0 saturated carbocycles. The van der Waals surface area contributed by atoms with Crippen LogP contribution in [0.1, 0.15) is 13.8 Å². The van der Waals surface area contributed by atoms with E-state index in [2.05, 4.69) is 9.98 Å². The minimum atomic E-state index is 0. The van der Waals surface area contributed by atoms with Crippen molar-refractivity contribution in [2.24, 2.45) is 9.98 Å². The summed E-state index contributed by atoms with van der Waals surface area (Å²) in [5.41, 5.74) is 8.92. The first-order chi connectivity index (χ1) is 16.4. The van der Waals surface area contributed by atoms with Crippen molar-refractivity contribution in [1.29, 1.82) is 0 Å². The molecular weight excluding hydrogens is 503 g/mol. The molecule has 0 radical (unpaired) electrons. The van der Waals surface area contributed by atoms with Crippen LogP contribution in [0.25, 0.3) is 0 Å². The first-order valence-corrected chi connectivity index (χ1v) is 9.78. The summed E-state index contributed by atoms with van der Waals surface area (Å²) in [4.78, 5) is 8.22. The minimum Gasteiger partial charge on any atom is -0.761 e. The van der Waals surface area contributed by atoms with E-state index >= 15 is 0 Å². The fourth-order valence-corrected chi connectivity index (χ4v) is 2.35. The average Bonchev–Trinajstić information content (AvgIpc) is 2.88. The zero-order chi connectivity index (χ0) is 25.3. The molecule has 6 N–H and O–H groups in total. The maximum Gasteiger partial charge on any atom is 2.00 e. The molecule has 0 bridgehead atoms. The van der Waals surface area contributed by atoms with Gasteiger partial charge in [-0.15, -0.1) is 0 Å². The van der Waals surface area contributed by atoms with Gasteiger partial charge >= 0.3 is 16.5 Å². The molecule has 35 heavy (non-hydrogen) atoms. The quantitative estimate of drug-likeness (QED) is 0.128. The van der Waals surface area contributed by atoms with Crippen LogP contribution in [-0.2, 0) is 16.5 Å². The molecule has 2 rings (SSSR count).